The lowest BCUT2D eigenvalue weighted by molar-refractivity contribution is -0.384. The summed E-state index contributed by atoms with van der Waals surface area (Å²) in [5.41, 5.74) is 3.03. The van der Waals surface area contributed by atoms with E-state index in [1.807, 2.05) is 43.3 Å². The van der Waals surface area contributed by atoms with E-state index in [1.165, 1.54) is 17.8 Å². The molecule has 0 radical (unpaired) electrons. The average Bonchev–Trinajstić information content (AvgIpc) is 3.17. The molecule has 2 aromatic carbocycles. The molecule has 0 aliphatic carbocycles. The molecule has 2 heterocycles. The standard InChI is InChI=1S/C22H19N5O2S/c1-16(19-8-5-9-20(14-19)27(28)29)30-22-25-24-21(18-10-12-23-13-11-18)26(22)15-17-6-3-2-4-7-17/h2-14,16H,15H2,1H3/t16-/m1/s1. The normalized spacial score (nSPS) is 11.9. The molecule has 0 bridgehead atoms. The molecule has 4 aromatic rings. The number of thioether (sulfide) groups is 1. The van der Waals surface area contributed by atoms with Gasteiger partial charge in [0.2, 0.25) is 0 Å². The molecule has 8 heteroatoms. The molecule has 4 rings (SSSR count). The highest BCUT2D eigenvalue weighted by atomic mass is 32.2. The van der Waals surface area contributed by atoms with Crippen LogP contribution in [0.25, 0.3) is 11.4 Å². The van der Waals surface area contributed by atoms with Gasteiger partial charge in [-0.15, -0.1) is 10.2 Å². The zero-order valence-electron chi connectivity index (χ0n) is 16.3. The van der Waals surface area contributed by atoms with Gasteiger partial charge < -0.3 is 0 Å². The van der Waals surface area contributed by atoms with Crippen molar-refractivity contribution in [1.82, 2.24) is 19.7 Å². The Balaban J connectivity index is 1.68. The molecule has 0 amide bonds. The number of nitro benzene ring substituents is 1. The molecule has 0 saturated carbocycles. The highest BCUT2D eigenvalue weighted by Gasteiger charge is 2.19. The Morgan fingerprint density at radius 3 is 2.53 bits per heavy atom. The van der Waals surface area contributed by atoms with Crippen molar-refractivity contribution in [3.8, 4) is 11.4 Å². The molecule has 1 atom stereocenters. The van der Waals surface area contributed by atoms with Gasteiger partial charge in [0.05, 0.1) is 11.5 Å². The van der Waals surface area contributed by atoms with Crippen molar-refractivity contribution in [2.75, 3.05) is 0 Å². The van der Waals surface area contributed by atoms with E-state index in [2.05, 4.69) is 31.9 Å². The van der Waals surface area contributed by atoms with E-state index in [-0.39, 0.29) is 15.9 Å². The Morgan fingerprint density at radius 1 is 1.03 bits per heavy atom. The Morgan fingerprint density at radius 2 is 1.80 bits per heavy atom. The molecule has 2 aromatic heterocycles. The summed E-state index contributed by atoms with van der Waals surface area (Å²) < 4.78 is 2.07. The summed E-state index contributed by atoms with van der Waals surface area (Å²) in [6, 6.07) is 20.7. The second-order valence-electron chi connectivity index (χ2n) is 6.73. The minimum Gasteiger partial charge on any atom is -0.298 e. The second kappa shape index (κ2) is 8.87. The zero-order valence-corrected chi connectivity index (χ0v) is 17.1. The first-order valence-corrected chi connectivity index (χ1v) is 10.3. The predicted molar refractivity (Wildman–Crippen MR) is 116 cm³/mol. The molecule has 0 N–H and O–H groups in total. The van der Waals surface area contributed by atoms with Crippen LogP contribution in [0, 0.1) is 10.1 Å². The van der Waals surface area contributed by atoms with Gasteiger partial charge in [0, 0.05) is 35.3 Å². The monoisotopic (exact) mass is 417 g/mol. The van der Waals surface area contributed by atoms with Crippen molar-refractivity contribution in [3.05, 3.63) is 100 Å². The van der Waals surface area contributed by atoms with Gasteiger partial charge in [-0.25, -0.2) is 0 Å². The van der Waals surface area contributed by atoms with Gasteiger partial charge in [0.1, 0.15) is 0 Å². The van der Waals surface area contributed by atoms with E-state index in [9.17, 15) is 10.1 Å². The maximum Gasteiger partial charge on any atom is 0.269 e. The lowest BCUT2D eigenvalue weighted by Crippen LogP contribution is -2.05. The van der Waals surface area contributed by atoms with Crippen LogP contribution < -0.4 is 0 Å². The number of aromatic nitrogens is 4. The van der Waals surface area contributed by atoms with E-state index in [1.54, 1.807) is 24.5 Å². The summed E-state index contributed by atoms with van der Waals surface area (Å²) >= 11 is 1.53. The first kappa shape index (κ1) is 19.8. The second-order valence-corrected chi connectivity index (χ2v) is 8.03. The summed E-state index contributed by atoms with van der Waals surface area (Å²) in [7, 11) is 0. The highest BCUT2D eigenvalue weighted by Crippen LogP contribution is 2.36. The molecular weight excluding hydrogens is 398 g/mol. The number of nitrogens with zero attached hydrogens (tertiary/aromatic N) is 5. The van der Waals surface area contributed by atoms with Gasteiger partial charge in [-0.2, -0.15) is 0 Å². The van der Waals surface area contributed by atoms with Crippen LogP contribution >= 0.6 is 11.8 Å². The van der Waals surface area contributed by atoms with Gasteiger partial charge in [0.25, 0.3) is 5.69 Å². The molecule has 0 spiro atoms. The fourth-order valence-electron chi connectivity index (χ4n) is 3.12. The van der Waals surface area contributed by atoms with E-state index < -0.39 is 0 Å². The van der Waals surface area contributed by atoms with E-state index >= 15 is 0 Å². The molecule has 0 unspecified atom stereocenters. The summed E-state index contributed by atoms with van der Waals surface area (Å²) in [5.74, 6) is 0.759. The number of hydrogen-bond donors (Lipinski definition) is 0. The van der Waals surface area contributed by atoms with Crippen molar-refractivity contribution in [1.29, 1.82) is 0 Å². The fraction of sp³-hybridized carbons (Fsp3) is 0.136. The SMILES string of the molecule is C[C@@H](Sc1nnc(-c2ccncc2)n1Cc1ccccc1)c1cccc([N+](=O)[O-])c1. The predicted octanol–water partition coefficient (Wildman–Crippen LogP) is 5.15. The summed E-state index contributed by atoms with van der Waals surface area (Å²) in [5, 5.41) is 20.7. The van der Waals surface area contributed by atoms with Gasteiger partial charge in [-0.3, -0.25) is 19.7 Å². The van der Waals surface area contributed by atoms with Crippen molar-refractivity contribution in [2.24, 2.45) is 0 Å². The molecule has 150 valence electrons. The third kappa shape index (κ3) is 4.38. The van der Waals surface area contributed by atoms with Crippen LogP contribution in [-0.4, -0.2) is 24.7 Å². The lowest BCUT2D eigenvalue weighted by atomic mass is 10.1. The van der Waals surface area contributed by atoms with E-state index in [0.29, 0.717) is 6.54 Å². The average molecular weight is 417 g/mol. The molecule has 7 nitrogen and oxygen atoms in total. The Hall–Kier alpha value is -3.52. The van der Waals surface area contributed by atoms with E-state index in [0.717, 1.165) is 27.7 Å². The van der Waals surface area contributed by atoms with Crippen molar-refractivity contribution < 1.29 is 4.92 Å². The number of pyridine rings is 1. The summed E-state index contributed by atoms with van der Waals surface area (Å²) in [6.07, 6.45) is 3.46. The molecule has 0 aliphatic rings. The number of hydrogen-bond acceptors (Lipinski definition) is 6. The van der Waals surface area contributed by atoms with Gasteiger partial charge >= 0.3 is 0 Å². The van der Waals surface area contributed by atoms with Crippen LogP contribution in [0.4, 0.5) is 5.69 Å². The number of non-ortho nitro benzene ring substituents is 1. The minimum atomic E-state index is -0.375. The molecule has 0 fully saturated rings. The maximum atomic E-state index is 11.1. The quantitative estimate of drug-likeness (QED) is 0.235. The van der Waals surface area contributed by atoms with Crippen LogP contribution in [0.1, 0.15) is 23.3 Å². The van der Waals surface area contributed by atoms with Crippen molar-refractivity contribution in [2.45, 2.75) is 23.9 Å². The van der Waals surface area contributed by atoms with Gasteiger partial charge in [-0.05, 0) is 30.2 Å². The molecule has 0 aliphatic heterocycles. The maximum absolute atomic E-state index is 11.1. The van der Waals surface area contributed by atoms with Gasteiger partial charge in [-0.1, -0.05) is 54.2 Å². The third-order valence-corrected chi connectivity index (χ3v) is 5.81. The number of benzene rings is 2. The number of nitro groups is 1. The van der Waals surface area contributed by atoms with Crippen LogP contribution in [-0.2, 0) is 6.54 Å². The van der Waals surface area contributed by atoms with Crippen molar-refractivity contribution in [3.63, 3.8) is 0 Å². The topological polar surface area (TPSA) is 86.7 Å². The Bertz CT molecular complexity index is 1150. The smallest absolute Gasteiger partial charge is 0.269 e. The molecule has 0 saturated heterocycles. The highest BCUT2D eigenvalue weighted by molar-refractivity contribution is 7.99. The lowest BCUT2D eigenvalue weighted by Gasteiger charge is -2.14. The first-order chi connectivity index (χ1) is 14.6. The van der Waals surface area contributed by atoms with E-state index in [4.69, 9.17) is 0 Å². The van der Waals surface area contributed by atoms with Crippen molar-refractivity contribution >= 4 is 17.4 Å². The fourth-order valence-corrected chi connectivity index (χ4v) is 4.08. The zero-order chi connectivity index (χ0) is 20.9. The van der Waals surface area contributed by atoms with Gasteiger partial charge in [0.15, 0.2) is 11.0 Å². The van der Waals surface area contributed by atoms with Crippen LogP contribution in [0.2, 0.25) is 0 Å². The van der Waals surface area contributed by atoms with Crippen LogP contribution in [0.5, 0.6) is 0 Å². The first-order valence-electron chi connectivity index (χ1n) is 9.40. The Labute approximate surface area is 178 Å². The Kier molecular flexibility index (Phi) is 5.85. The molecule has 30 heavy (non-hydrogen) atoms. The largest absolute Gasteiger partial charge is 0.298 e. The summed E-state index contributed by atoms with van der Waals surface area (Å²) in [4.78, 5) is 14.8. The van der Waals surface area contributed by atoms with Crippen LogP contribution in [0.3, 0.4) is 0 Å². The summed E-state index contributed by atoms with van der Waals surface area (Å²) in [6.45, 7) is 2.63. The van der Waals surface area contributed by atoms with Crippen LogP contribution in [0.15, 0.2) is 84.3 Å². The molecular formula is C22H19N5O2S. The third-order valence-electron chi connectivity index (χ3n) is 4.67. The number of rotatable bonds is 7. The minimum absolute atomic E-state index is 0.0334.